The van der Waals surface area contributed by atoms with Gasteiger partial charge in [-0.2, -0.15) is 0 Å². The van der Waals surface area contributed by atoms with Gasteiger partial charge in [-0.15, -0.1) is 11.3 Å². The fraction of sp³-hybridized carbons (Fsp3) is 0.0909. The number of rotatable bonds is 2. The number of imidazole rings is 1. The second-order valence-electron chi connectivity index (χ2n) is 3.43. The van der Waals surface area contributed by atoms with Crippen LogP contribution in [0.4, 0.5) is 0 Å². The van der Waals surface area contributed by atoms with Crippen molar-refractivity contribution in [2.75, 3.05) is 0 Å². The average molecular weight is 231 g/mol. The van der Waals surface area contributed by atoms with E-state index in [1.165, 1.54) is 0 Å². The summed E-state index contributed by atoms with van der Waals surface area (Å²) in [6.45, 7) is 0. The van der Waals surface area contributed by atoms with E-state index in [4.69, 9.17) is 0 Å². The summed E-state index contributed by atoms with van der Waals surface area (Å²) in [6, 6.07) is 3.65. The van der Waals surface area contributed by atoms with Crippen LogP contribution in [0, 0.1) is 0 Å². The minimum atomic E-state index is -0.711. The Morgan fingerprint density at radius 3 is 3.19 bits per heavy atom. The number of aliphatic hydroxyl groups excluding tert-OH is 1. The molecule has 5 heteroatoms. The van der Waals surface area contributed by atoms with Crippen molar-refractivity contribution in [2.45, 2.75) is 6.10 Å². The van der Waals surface area contributed by atoms with E-state index in [2.05, 4.69) is 9.97 Å². The standard InChI is InChI=1S/C11H9N3OS/c15-10(8-2-1-3-12-6-8)9-11-14(7-13-9)4-5-16-11/h1-7,10,15H. The van der Waals surface area contributed by atoms with Crippen LogP contribution in [0.3, 0.4) is 0 Å². The summed E-state index contributed by atoms with van der Waals surface area (Å²) in [7, 11) is 0. The SMILES string of the molecule is OC(c1cccnc1)c1ncn2ccsc12. The topological polar surface area (TPSA) is 50.4 Å². The number of nitrogens with zero attached hydrogens (tertiary/aromatic N) is 3. The van der Waals surface area contributed by atoms with Gasteiger partial charge in [-0.25, -0.2) is 4.98 Å². The Hall–Kier alpha value is -1.72. The van der Waals surface area contributed by atoms with Gasteiger partial charge in [0.15, 0.2) is 0 Å². The first-order valence-corrected chi connectivity index (χ1v) is 5.72. The van der Waals surface area contributed by atoms with Crippen LogP contribution in [0.25, 0.3) is 4.83 Å². The maximum absolute atomic E-state index is 10.2. The molecule has 0 aromatic carbocycles. The van der Waals surface area contributed by atoms with Gasteiger partial charge in [0.25, 0.3) is 0 Å². The van der Waals surface area contributed by atoms with Gasteiger partial charge in [-0.3, -0.25) is 9.38 Å². The predicted octanol–water partition coefficient (Wildman–Crippen LogP) is 1.87. The lowest BCUT2D eigenvalue weighted by Crippen LogP contribution is -2.00. The molecule has 0 spiro atoms. The van der Waals surface area contributed by atoms with Crippen molar-refractivity contribution in [3.8, 4) is 0 Å². The van der Waals surface area contributed by atoms with Gasteiger partial charge in [0, 0.05) is 29.5 Å². The van der Waals surface area contributed by atoms with Crippen LogP contribution in [-0.2, 0) is 0 Å². The number of aromatic nitrogens is 3. The zero-order valence-corrected chi connectivity index (χ0v) is 9.13. The Labute approximate surface area is 95.8 Å². The quantitative estimate of drug-likeness (QED) is 0.732. The van der Waals surface area contributed by atoms with Crippen molar-refractivity contribution in [1.82, 2.24) is 14.4 Å². The van der Waals surface area contributed by atoms with Gasteiger partial charge in [0.05, 0.1) is 0 Å². The Morgan fingerprint density at radius 2 is 2.38 bits per heavy atom. The first kappa shape index (κ1) is 9.50. The van der Waals surface area contributed by atoms with Crippen molar-refractivity contribution >= 4 is 16.2 Å². The summed E-state index contributed by atoms with van der Waals surface area (Å²) in [4.78, 5) is 9.19. The van der Waals surface area contributed by atoms with Gasteiger partial charge < -0.3 is 5.11 Å². The molecule has 4 nitrogen and oxygen atoms in total. The minimum Gasteiger partial charge on any atom is -0.382 e. The molecule has 3 aromatic heterocycles. The second kappa shape index (κ2) is 3.70. The van der Waals surface area contributed by atoms with Crippen LogP contribution in [0.2, 0.25) is 0 Å². The van der Waals surface area contributed by atoms with E-state index >= 15 is 0 Å². The molecule has 3 aromatic rings. The molecule has 0 bridgehead atoms. The van der Waals surface area contributed by atoms with Gasteiger partial charge >= 0.3 is 0 Å². The second-order valence-corrected chi connectivity index (χ2v) is 4.33. The van der Waals surface area contributed by atoms with Gasteiger partial charge in [0.1, 0.15) is 23.0 Å². The van der Waals surface area contributed by atoms with E-state index < -0.39 is 6.10 Å². The summed E-state index contributed by atoms with van der Waals surface area (Å²) in [5.74, 6) is 0. The third kappa shape index (κ3) is 1.41. The molecular formula is C11H9N3OS. The van der Waals surface area contributed by atoms with E-state index in [1.54, 1.807) is 36.1 Å². The summed E-state index contributed by atoms with van der Waals surface area (Å²) in [6.07, 6.45) is 6.26. The van der Waals surface area contributed by atoms with Crippen molar-refractivity contribution < 1.29 is 5.11 Å². The molecule has 3 heterocycles. The van der Waals surface area contributed by atoms with E-state index in [0.29, 0.717) is 5.69 Å². The number of hydrogen-bond acceptors (Lipinski definition) is 4. The van der Waals surface area contributed by atoms with Crippen LogP contribution < -0.4 is 0 Å². The average Bonchev–Trinajstić information content (AvgIpc) is 2.91. The maximum Gasteiger partial charge on any atom is 0.125 e. The highest BCUT2D eigenvalue weighted by atomic mass is 32.1. The van der Waals surface area contributed by atoms with Crippen LogP contribution >= 0.6 is 11.3 Å². The Balaban J connectivity index is 2.08. The van der Waals surface area contributed by atoms with Crippen molar-refractivity contribution in [2.24, 2.45) is 0 Å². The fourth-order valence-electron chi connectivity index (χ4n) is 1.64. The minimum absolute atomic E-state index is 0.683. The molecule has 80 valence electrons. The van der Waals surface area contributed by atoms with Crippen molar-refractivity contribution in [3.63, 3.8) is 0 Å². The van der Waals surface area contributed by atoms with Gasteiger partial charge in [-0.05, 0) is 6.07 Å². The molecule has 0 aliphatic rings. The van der Waals surface area contributed by atoms with Crippen molar-refractivity contribution in [1.29, 1.82) is 0 Å². The molecule has 1 unspecified atom stereocenters. The van der Waals surface area contributed by atoms with Crippen LogP contribution in [0.1, 0.15) is 17.4 Å². The lowest BCUT2D eigenvalue weighted by molar-refractivity contribution is 0.217. The molecule has 0 amide bonds. The predicted molar refractivity (Wildman–Crippen MR) is 61.4 cm³/mol. The van der Waals surface area contributed by atoms with Crippen LogP contribution in [0.5, 0.6) is 0 Å². The van der Waals surface area contributed by atoms with E-state index in [0.717, 1.165) is 10.4 Å². The fourth-order valence-corrected chi connectivity index (χ4v) is 2.47. The molecule has 0 fully saturated rings. The number of thiazole rings is 1. The third-order valence-corrected chi connectivity index (χ3v) is 3.34. The van der Waals surface area contributed by atoms with E-state index in [9.17, 15) is 5.11 Å². The summed E-state index contributed by atoms with van der Waals surface area (Å²) in [5.41, 5.74) is 1.44. The zero-order valence-electron chi connectivity index (χ0n) is 8.32. The number of fused-ring (bicyclic) bond motifs is 1. The van der Waals surface area contributed by atoms with Crippen LogP contribution in [0.15, 0.2) is 42.4 Å². The van der Waals surface area contributed by atoms with E-state index in [-0.39, 0.29) is 0 Å². The molecule has 0 radical (unpaired) electrons. The molecule has 3 rings (SSSR count). The lowest BCUT2D eigenvalue weighted by atomic mass is 10.1. The highest BCUT2D eigenvalue weighted by Crippen LogP contribution is 2.26. The van der Waals surface area contributed by atoms with Gasteiger partial charge in [0.2, 0.25) is 0 Å². The summed E-state index contributed by atoms with van der Waals surface area (Å²) >= 11 is 1.56. The zero-order chi connectivity index (χ0) is 11.0. The first-order chi connectivity index (χ1) is 7.86. The molecule has 0 aliphatic heterocycles. The highest BCUT2D eigenvalue weighted by molar-refractivity contribution is 7.15. The summed E-state index contributed by atoms with van der Waals surface area (Å²) < 4.78 is 1.90. The molecular weight excluding hydrogens is 222 g/mol. The maximum atomic E-state index is 10.2. The molecule has 0 aliphatic carbocycles. The molecule has 0 saturated heterocycles. The number of pyridine rings is 1. The Morgan fingerprint density at radius 1 is 1.44 bits per heavy atom. The van der Waals surface area contributed by atoms with Crippen LogP contribution in [-0.4, -0.2) is 19.5 Å². The number of aliphatic hydroxyl groups is 1. The largest absolute Gasteiger partial charge is 0.382 e. The van der Waals surface area contributed by atoms with Gasteiger partial charge in [-0.1, -0.05) is 6.07 Å². The molecule has 0 saturated carbocycles. The first-order valence-electron chi connectivity index (χ1n) is 4.84. The third-order valence-electron chi connectivity index (χ3n) is 2.44. The Kier molecular flexibility index (Phi) is 2.19. The molecule has 1 N–H and O–H groups in total. The normalized spacial score (nSPS) is 13.1. The molecule has 16 heavy (non-hydrogen) atoms. The lowest BCUT2D eigenvalue weighted by Gasteiger charge is -2.06. The monoisotopic (exact) mass is 231 g/mol. The van der Waals surface area contributed by atoms with Crippen molar-refractivity contribution in [3.05, 3.63) is 53.7 Å². The Bertz CT molecular complexity index is 602. The highest BCUT2D eigenvalue weighted by Gasteiger charge is 2.17. The number of hydrogen-bond donors (Lipinski definition) is 1. The summed E-state index contributed by atoms with van der Waals surface area (Å²) in [5, 5.41) is 12.2. The smallest absolute Gasteiger partial charge is 0.125 e. The van der Waals surface area contributed by atoms with E-state index in [1.807, 2.05) is 22.0 Å². The molecule has 1 atom stereocenters.